The van der Waals surface area contributed by atoms with E-state index in [4.69, 9.17) is 0 Å². The van der Waals surface area contributed by atoms with Crippen molar-refractivity contribution in [3.63, 3.8) is 0 Å². The van der Waals surface area contributed by atoms with E-state index in [-0.39, 0.29) is 11.2 Å². The molecule has 0 radical (unpaired) electrons. The second-order valence-electron chi connectivity index (χ2n) is 8.36. The van der Waals surface area contributed by atoms with Crippen LogP contribution in [-0.4, -0.2) is 5.78 Å². The van der Waals surface area contributed by atoms with E-state index in [0.29, 0.717) is 5.41 Å². The molecular weight excluding hydrogens is 256 g/mol. The Labute approximate surface area is 131 Å². The summed E-state index contributed by atoms with van der Waals surface area (Å²) in [6.45, 7) is 12.9. The summed E-state index contributed by atoms with van der Waals surface area (Å²) in [4.78, 5) is 12.5. The highest BCUT2D eigenvalue weighted by atomic mass is 16.1. The van der Waals surface area contributed by atoms with E-state index in [1.807, 2.05) is 39.0 Å². The summed E-state index contributed by atoms with van der Waals surface area (Å²) in [5, 5.41) is 0. The topological polar surface area (TPSA) is 17.1 Å². The van der Waals surface area contributed by atoms with Crippen LogP contribution in [0.5, 0.6) is 0 Å². The largest absolute Gasteiger partial charge is 0.294 e. The van der Waals surface area contributed by atoms with E-state index in [0.717, 1.165) is 12.0 Å². The number of hydrogen-bond acceptors (Lipinski definition) is 1. The van der Waals surface area contributed by atoms with Gasteiger partial charge in [-0.3, -0.25) is 4.79 Å². The van der Waals surface area contributed by atoms with Crippen LogP contribution in [0.4, 0.5) is 0 Å². The Kier molecular flexibility index (Phi) is 6.19. The van der Waals surface area contributed by atoms with Crippen molar-refractivity contribution >= 4 is 5.78 Å². The molecule has 1 aromatic carbocycles. The Balaban J connectivity index is 2.58. The summed E-state index contributed by atoms with van der Waals surface area (Å²) in [5.74, 6) is 0.257. The quantitative estimate of drug-likeness (QED) is 0.459. The molecule has 118 valence electrons. The number of benzene rings is 1. The molecule has 0 aliphatic carbocycles. The zero-order chi connectivity index (χ0) is 16.1. The van der Waals surface area contributed by atoms with E-state index in [2.05, 4.69) is 26.8 Å². The smallest absolute Gasteiger partial charge is 0.168 e. The van der Waals surface area contributed by atoms with Crippen LogP contribution in [0.1, 0.15) is 83.1 Å². The average molecular weight is 288 g/mol. The molecule has 0 aliphatic rings. The number of aryl methyl sites for hydroxylation is 1. The summed E-state index contributed by atoms with van der Waals surface area (Å²) in [5.41, 5.74) is 2.26. The Morgan fingerprint density at radius 2 is 1.52 bits per heavy atom. The minimum absolute atomic E-state index is 0.257. The Bertz CT molecular complexity index is 457. The maximum absolute atomic E-state index is 12.5. The molecule has 0 amide bonds. The number of unbranched alkanes of at least 4 members (excludes halogenated alkanes) is 2. The fourth-order valence-electron chi connectivity index (χ4n) is 2.51. The number of Topliss-reactive ketones (excluding diaryl/α,β-unsaturated/α-hetero) is 1. The molecule has 0 N–H and O–H groups in total. The van der Waals surface area contributed by atoms with Gasteiger partial charge in [0.25, 0.3) is 0 Å². The lowest BCUT2D eigenvalue weighted by molar-refractivity contribution is 0.0857. The molecule has 1 rings (SSSR count). The number of hydrogen-bond donors (Lipinski definition) is 0. The average Bonchev–Trinajstić information content (AvgIpc) is 2.35. The van der Waals surface area contributed by atoms with Crippen LogP contribution in [0.15, 0.2) is 24.3 Å². The number of ketones is 1. The third-order valence-corrected chi connectivity index (χ3v) is 3.82. The van der Waals surface area contributed by atoms with Gasteiger partial charge in [0.2, 0.25) is 0 Å². The first-order chi connectivity index (χ1) is 9.61. The number of carbonyl (C=O) groups excluding carboxylic acids is 1. The highest BCUT2D eigenvalue weighted by Crippen LogP contribution is 2.25. The molecular formula is C20H32O. The lowest BCUT2D eigenvalue weighted by atomic mass is 9.83. The molecule has 0 aliphatic heterocycles. The van der Waals surface area contributed by atoms with Crippen molar-refractivity contribution in [1.82, 2.24) is 0 Å². The molecule has 0 spiro atoms. The SMILES string of the molecule is CC(C)(C)CCCCCc1ccccc1C(=O)C(C)(C)C. The monoisotopic (exact) mass is 288 g/mol. The van der Waals surface area contributed by atoms with Gasteiger partial charge in [0.1, 0.15) is 0 Å². The maximum Gasteiger partial charge on any atom is 0.168 e. The highest BCUT2D eigenvalue weighted by molar-refractivity contribution is 6.01. The minimum Gasteiger partial charge on any atom is -0.294 e. The van der Waals surface area contributed by atoms with Crippen molar-refractivity contribution in [2.45, 2.75) is 73.6 Å². The summed E-state index contributed by atoms with van der Waals surface area (Å²) in [7, 11) is 0. The predicted octanol–water partition coefficient (Wildman–Crippen LogP) is 6.06. The van der Waals surface area contributed by atoms with Gasteiger partial charge in [0, 0.05) is 11.0 Å². The van der Waals surface area contributed by atoms with Crippen molar-refractivity contribution in [1.29, 1.82) is 0 Å². The van der Waals surface area contributed by atoms with E-state index in [1.54, 1.807) is 0 Å². The van der Waals surface area contributed by atoms with Gasteiger partial charge >= 0.3 is 0 Å². The minimum atomic E-state index is -0.303. The van der Waals surface area contributed by atoms with Crippen molar-refractivity contribution in [3.05, 3.63) is 35.4 Å². The van der Waals surface area contributed by atoms with Gasteiger partial charge in [-0.2, -0.15) is 0 Å². The first-order valence-electron chi connectivity index (χ1n) is 8.24. The lowest BCUT2D eigenvalue weighted by Gasteiger charge is -2.19. The van der Waals surface area contributed by atoms with Gasteiger partial charge in [-0.05, 0) is 30.2 Å². The summed E-state index contributed by atoms with van der Waals surface area (Å²) in [6, 6.07) is 8.12. The number of rotatable bonds is 6. The van der Waals surface area contributed by atoms with Gasteiger partial charge in [-0.15, -0.1) is 0 Å². The molecule has 0 unspecified atom stereocenters. The highest BCUT2D eigenvalue weighted by Gasteiger charge is 2.24. The summed E-state index contributed by atoms with van der Waals surface area (Å²) in [6.07, 6.45) is 5.98. The van der Waals surface area contributed by atoms with Crippen LogP contribution in [0.3, 0.4) is 0 Å². The first-order valence-corrected chi connectivity index (χ1v) is 8.24. The Morgan fingerprint density at radius 3 is 2.10 bits per heavy atom. The van der Waals surface area contributed by atoms with Gasteiger partial charge in [-0.25, -0.2) is 0 Å². The Morgan fingerprint density at radius 1 is 0.905 bits per heavy atom. The van der Waals surface area contributed by atoms with Gasteiger partial charge in [-0.1, -0.05) is 78.6 Å². The van der Waals surface area contributed by atoms with Crippen LogP contribution < -0.4 is 0 Å². The lowest BCUT2D eigenvalue weighted by Crippen LogP contribution is -2.21. The molecule has 1 heteroatoms. The fraction of sp³-hybridized carbons (Fsp3) is 0.650. The summed E-state index contributed by atoms with van der Waals surface area (Å²) < 4.78 is 0. The van der Waals surface area contributed by atoms with Crippen molar-refractivity contribution < 1.29 is 4.79 Å². The van der Waals surface area contributed by atoms with Crippen LogP contribution in [0, 0.1) is 10.8 Å². The van der Waals surface area contributed by atoms with Gasteiger partial charge < -0.3 is 0 Å². The van der Waals surface area contributed by atoms with Crippen molar-refractivity contribution in [2.24, 2.45) is 10.8 Å². The third kappa shape index (κ3) is 6.46. The Hall–Kier alpha value is -1.11. The van der Waals surface area contributed by atoms with E-state index in [9.17, 15) is 4.79 Å². The molecule has 0 saturated carbocycles. The molecule has 0 heterocycles. The van der Waals surface area contributed by atoms with Gasteiger partial charge in [0.15, 0.2) is 5.78 Å². The van der Waals surface area contributed by atoms with Crippen LogP contribution in [-0.2, 0) is 6.42 Å². The van der Waals surface area contributed by atoms with Crippen molar-refractivity contribution in [3.8, 4) is 0 Å². The molecule has 21 heavy (non-hydrogen) atoms. The fourth-order valence-corrected chi connectivity index (χ4v) is 2.51. The van der Waals surface area contributed by atoms with Crippen LogP contribution in [0.25, 0.3) is 0 Å². The maximum atomic E-state index is 12.5. The van der Waals surface area contributed by atoms with E-state index >= 15 is 0 Å². The molecule has 1 aromatic rings. The second kappa shape index (κ2) is 7.24. The molecule has 1 nitrogen and oxygen atoms in total. The van der Waals surface area contributed by atoms with E-state index in [1.165, 1.54) is 31.2 Å². The van der Waals surface area contributed by atoms with Gasteiger partial charge in [0.05, 0.1) is 0 Å². The molecule has 0 bridgehead atoms. The molecule has 0 aromatic heterocycles. The molecule has 0 fully saturated rings. The molecule has 0 saturated heterocycles. The normalized spacial score (nSPS) is 12.5. The van der Waals surface area contributed by atoms with E-state index < -0.39 is 0 Å². The zero-order valence-electron chi connectivity index (χ0n) is 14.8. The predicted molar refractivity (Wildman–Crippen MR) is 91.9 cm³/mol. The second-order valence-corrected chi connectivity index (χ2v) is 8.36. The zero-order valence-corrected chi connectivity index (χ0v) is 14.8. The third-order valence-electron chi connectivity index (χ3n) is 3.82. The molecule has 0 atom stereocenters. The standard InChI is InChI=1S/C20H32O/c1-19(2,3)15-11-7-8-12-16-13-9-10-14-17(16)18(21)20(4,5)6/h9-10,13-14H,7-8,11-12,15H2,1-6H3. The first kappa shape index (κ1) is 17.9. The number of carbonyl (C=O) groups is 1. The summed E-state index contributed by atoms with van der Waals surface area (Å²) >= 11 is 0. The van der Waals surface area contributed by atoms with Crippen LogP contribution >= 0.6 is 0 Å². The van der Waals surface area contributed by atoms with Crippen LogP contribution in [0.2, 0.25) is 0 Å². The van der Waals surface area contributed by atoms with Crippen molar-refractivity contribution in [2.75, 3.05) is 0 Å².